The van der Waals surface area contributed by atoms with Crippen molar-refractivity contribution in [1.82, 2.24) is 4.98 Å². The Morgan fingerprint density at radius 1 is 1.43 bits per heavy atom. The molecule has 0 saturated carbocycles. The van der Waals surface area contributed by atoms with Gasteiger partial charge < -0.3 is 10.1 Å². The standard InChI is InChI=1S/C10H15ClN2O/c1-14-8-3-2-7-12-10-6-4-5-9(11)13-10/h4-6H,2-3,7-8H2,1H3,(H,12,13). The largest absolute Gasteiger partial charge is 0.385 e. The van der Waals surface area contributed by atoms with E-state index in [0.717, 1.165) is 31.8 Å². The molecule has 0 atom stereocenters. The van der Waals surface area contributed by atoms with Gasteiger partial charge in [-0.2, -0.15) is 0 Å². The molecule has 0 saturated heterocycles. The minimum absolute atomic E-state index is 0.520. The van der Waals surface area contributed by atoms with Crippen LogP contribution in [0.15, 0.2) is 18.2 Å². The van der Waals surface area contributed by atoms with E-state index in [2.05, 4.69) is 10.3 Å². The van der Waals surface area contributed by atoms with Gasteiger partial charge in [-0.1, -0.05) is 17.7 Å². The molecule has 0 aliphatic carbocycles. The van der Waals surface area contributed by atoms with Crippen molar-refractivity contribution in [1.29, 1.82) is 0 Å². The van der Waals surface area contributed by atoms with E-state index in [9.17, 15) is 0 Å². The molecule has 3 nitrogen and oxygen atoms in total. The number of nitrogens with one attached hydrogen (secondary N) is 1. The lowest BCUT2D eigenvalue weighted by Gasteiger charge is -2.04. The quantitative estimate of drug-likeness (QED) is 0.584. The zero-order valence-corrected chi connectivity index (χ0v) is 9.05. The SMILES string of the molecule is COCCCCNc1cccc(Cl)n1. The molecule has 0 spiro atoms. The highest BCUT2D eigenvalue weighted by Gasteiger charge is 1.93. The maximum atomic E-state index is 5.74. The van der Waals surface area contributed by atoms with Crippen molar-refractivity contribution in [3.63, 3.8) is 0 Å². The van der Waals surface area contributed by atoms with Crippen LogP contribution in [-0.4, -0.2) is 25.2 Å². The molecule has 0 aliphatic heterocycles. The number of rotatable bonds is 6. The van der Waals surface area contributed by atoms with Gasteiger partial charge in [0.2, 0.25) is 0 Å². The summed E-state index contributed by atoms with van der Waals surface area (Å²) >= 11 is 5.74. The number of pyridine rings is 1. The van der Waals surface area contributed by atoms with Gasteiger partial charge in [-0.3, -0.25) is 0 Å². The number of unbranched alkanes of at least 4 members (excludes halogenated alkanes) is 1. The van der Waals surface area contributed by atoms with E-state index in [0.29, 0.717) is 5.15 Å². The summed E-state index contributed by atoms with van der Waals surface area (Å²) < 4.78 is 4.95. The average Bonchev–Trinajstić information content (AvgIpc) is 2.18. The maximum Gasteiger partial charge on any atom is 0.131 e. The topological polar surface area (TPSA) is 34.1 Å². The smallest absolute Gasteiger partial charge is 0.131 e. The molecular formula is C10H15ClN2O. The summed E-state index contributed by atoms with van der Waals surface area (Å²) in [7, 11) is 1.71. The monoisotopic (exact) mass is 214 g/mol. The van der Waals surface area contributed by atoms with Gasteiger partial charge in [-0.25, -0.2) is 4.98 Å². The predicted molar refractivity (Wildman–Crippen MR) is 58.8 cm³/mol. The molecule has 1 aromatic rings. The number of hydrogen-bond donors (Lipinski definition) is 1. The maximum absolute atomic E-state index is 5.74. The Bertz CT molecular complexity index is 268. The van der Waals surface area contributed by atoms with Gasteiger partial charge in [0, 0.05) is 20.3 Å². The van der Waals surface area contributed by atoms with Crippen LogP contribution in [0.25, 0.3) is 0 Å². The minimum atomic E-state index is 0.520. The fraction of sp³-hybridized carbons (Fsp3) is 0.500. The van der Waals surface area contributed by atoms with Gasteiger partial charge in [-0.05, 0) is 25.0 Å². The summed E-state index contributed by atoms with van der Waals surface area (Å²) in [5.41, 5.74) is 0. The van der Waals surface area contributed by atoms with Gasteiger partial charge in [0.05, 0.1) is 0 Å². The predicted octanol–water partition coefficient (Wildman–Crippen LogP) is 2.57. The van der Waals surface area contributed by atoms with Crippen molar-refractivity contribution in [2.75, 3.05) is 25.6 Å². The molecule has 0 fully saturated rings. The first kappa shape index (κ1) is 11.3. The fourth-order valence-electron chi connectivity index (χ4n) is 1.09. The Kier molecular flexibility index (Phi) is 5.33. The first-order valence-corrected chi connectivity index (χ1v) is 5.06. The summed E-state index contributed by atoms with van der Waals surface area (Å²) in [5, 5.41) is 3.71. The van der Waals surface area contributed by atoms with Gasteiger partial charge in [0.25, 0.3) is 0 Å². The molecule has 0 bridgehead atoms. The second-order valence-corrected chi connectivity index (χ2v) is 3.36. The zero-order valence-electron chi connectivity index (χ0n) is 8.29. The van der Waals surface area contributed by atoms with Crippen molar-refractivity contribution >= 4 is 17.4 Å². The Morgan fingerprint density at radius 3 is 3.00 bits per heavy atom. The molecule has 14 heavy (non-hydrogen) atoms. The number of nitrogens with zero attached hydrogens (tertiary/aromatic N) is 1. The summed E-state index contributed by atoms with van der Waals surface area (Å²) in [6, 6.07) is 5.55. The molecule has 78 valence electrons. The third-order valence-corrected chi connectivity index (χ3v) is 2.01. The summed E-state index contributed by atoms with van der Waals surface area (Å²) in [6.45, 7) is 1.71. The van der Waals surface area contributed by atoms with Crippen LogP contribution < -0.4 is 5.32 Å². The van der Waals surface area contributed by atoms with Crippen LogP contribution in [0.5, 0.6) is 0 Å². The molecule has 0 aliphatic rings. The highest BCUT2D eigenvalue weighted by Crippen LogP contribution is 2.08. The molecule has 4 heteroatoms. The Balaban J connectivity index is 2.18. The van der Waals surface area contributed by atoms with Crippen molar-refractivity contribution in [3.05, 3.63) is 23.4 Å². The van der Waals surface area contributed by atoms with Crippen molar-refractivity contribution < 1.29 is 4.74 Å². The number of methoxy groups -OCH3 is 1. The Morgan fingerprint density at radius 2 is 2.29 bits per heavy atom. The van der Waals surface area contributed by atoms with Crippen LogP contribution in [0.2, 0.25) is 5.15 Å². The lowest BCUT2D eigenvalue weighted by atomic mass is 10.3. The molecule has 1 aromatic heterocycles. The molecule has 0 radical (unpaired) electrons. The second kappa shape index (κ2) is 6.62. The van der Waals surface area contributed by atoms with E-state index >= 15 is 0 Å². The number of hydrogen-bond acceptors (Lipinski definition) is 3. The first-order chi connectivity index (χ1) is 6.83. The molecule has 0 unspecified atom stereocenters. The summed E-state index contributed by atoms with van der Waals surface area (Å²) in [4.78, 5) is 4.11. The Labute approximate surface area is 89.4 Å². The van der Waals surface area contributed by atoms with Gasteiger partial charge in [0.1, 0.15) is 11.0 Å². The van der Waals surface area contributed by atoms with Crippen molar-refractivity contribution in [3.8, 4) is 0 Å². The van der Waals surface area contributed by atoms with Crippen LogP contribution in [0.4, 0.5) is 5.82 Å². The van der Waals surface area contributed by atoms with Gasteiger partial charge >= 0.3 is 0 Å². The Hall–Kier alpha value is -0.800. The average molecular weight is 215 g/mol. The third-order valence-electron chi connectivity index (χ3n) is 1.80. The first-order valence-electron chi connectivity index (χ1n) is 4.68. The molecular weight excluding hydrogens is 200 g/mol. The van der Waals surface area contributed by atoms with Crippen molar-refractivity contribution in [2.45, 2.75) is 12.8 Å². The van der Waals surface area contributed by atoms with Crippen LogP contribution in [0.1, 0.15) is 12.8 Å². The third kappa shape index (κ3) is 4.44. The summed E-state index contributed by atoms with van der Waals surface area (Å²) in [6.07, 6.45) is 2.13. The van der Waals surface area contributed by atoms with Crippen LogP contribution in [0, 0.1) is 0 Å². The lowest BCUT2D eigenvalue weighted by molar-refractivity contribution is 0.194. The van der Waals surface area contributed by atoms with Crippen molar-refractivity contribution in [2.24, 2.45) is 0 Å². The number of ether oxygens (including phenoxy) is 1. The lowest BCUT2D eigenvalue weighted by Crippen LogP contribution is -2.04. The van der Waals surface area contributed by atoms with Gasteiger partial charge in [0.15, 0.2) is 0 Å². The molecule has 1 rings (SSSR count). The van der Waals surface area contributed by atoms with Crippen LogP contribution >= 0.6 is 11.6 Å². The normalized spacial score (nSPS) is 10.1. The zero-order chi connectivity index (χ0) is 10.2. The molecule has 0 amide bonds. The van der Waals surface area contributed by atoms with E-state index in [1.165, 1.54) is 0 Å². The van der Waals surface area contributed by atoms with Crippen LogP contribution in [0.3, 0.4) is 0 Å². The molecule has 1 heterocycles. The van der Waals surface area contributed by atoms with E-state index in [1.54, 1.807) is 13.2 Å². The van der Waals surface area contributed by atoms with Gasteiger partial charge in [-0.15, -0.1) is 0 Å². The van der Waals surface area contributed by atoms with Crippen LogP contribution in [-0.2, 0) is 4.74 Å². The highest BCUT2D eigenvalue weighted by atomic mass is 35.5. The second-order valence-electron chi connectivity index (χ2n) is 2.97. The molecule has 1 N–H and O–H groups in total. The number of anilines is 1. The summed E-state index contributed by atoms with van der Waals surface area (Å²) in [5.74, 6) is 0.829. The van der Waals surface area contributed by atoms with E-state index in [-0.39, 0.29) is 0 Å². The minimum Gasteiger partial charge on any atom is -0.385 e. The van der Waals surface area contributed by atoms with E-state index in [4.69, 9.17) is 16.3 Å². The molecule has 0 aromatic carbocycles. The van der Waals surface area contributed by atoms with E-state index in [1.807, 2.05) is 12.1 Å². The fourth-order valence-corrected chi connectivity index (χ4v) is 1.26. The number of aromatic nitrogens is 1. The number of halogens is 1. The highest BCUT2D eigenvalue weighted by molar-refractivity contribution is 6.29. The van der Waals surface area contributed by atoms with E-state index < -0.39 is 0 Å².